The lowest BCUT2D eigenvalue weighted by Gasteiger charge is -2.08. The van der Waals surface area contributed by atoms with Crippen molar-refractivity contribution in [1.29, 1.82) is 0 Å². The van der Waals surface area contributed by atoms with E-state index < -0.39 is 6.36 Å². The quantitative estimate of drug-likeness (QED) is 0.880. The molecule has 0 spiro atoms. The first-order valence-electron chi connectivity index (χ1n) is 4.96. The van der Waals surface area contributed by atoms with Gasteiger partial charge in [-0.1, -0.05) is 0 Å². The van der Waals surface area contributed by atoms with Gasteiger partial charge in [-0.15, -0.1) is 23.4 Å². The fourth-order valence-electron chi connectivity index (χ4n) is 1.33. The molecule has 3 N–H and O–H groups in total. The zero-order chi connectivity index (χ0) is 13.2. The summed E-state index contributed by atoms with van der Waals surface area (Å²) in [6.45, 7) is 0.211. The van der Waals surface area contributed by atoms with E-state index in [1.165, 1.54) is 24.3 Å². The summed E-state index contributed by atoms with van der Waals surface area (Å²) in [6, 6.07) is 5.30. The van der Waals surface area contributed by atoms with E-state index >= 15 is 0 Å². The zero-order valence-corrected chi connectivity index (χ0v) is 9.03. The molecule has 0 radical (unpaired) electrons. The molecule has 0 aliphatic carbocycles. The van der Waals surface area contributed by atoms with Crippen molar-refractivity contribution in [3.8, 4) is 17.1 Å². The zero-order valence-electron chi connectivity index (χ0n) is 9.03. The van der Waals surface area contributed by atoms with Crippen LogP contribution in [0, 0.1) is 0 Å². The van der Waals surface area contributed by atoms with Crippen molar-refractivity contribution >= 4 is 0 Å². The highest BCUT2D eigenvalue weighted by Gasteiger charge is 2.30. The highest BCUT2D eigenvalue weighted by molar-refractivity contribution is 5.55. The number of ether oxygens (including phenoxy) is 1. The summed E-state index contributed by atoms with van der Waals surface area (Å²) < 4.78 is 39.6. The van der Waals surface area contributed by atoms with E-state index in [4.69, 9.17) is 5.73 Å². The molecule has 5 nitrogen and oxygen atoms in total. The minimum Gasteiger partial charge on any atom is -0.406 e. The number of aromatic amines is 1. The number of nitrogens with one attached hydrogen (secondary N) is 1. The van der Waals surface area contributed by atoms with Gasteiger partial charge in [0, 0.05) is 5.56 Å². The number of nitrogens with two attached hydrogens (primary N) is 1. The van der Waals surface area contributed by atoms with Gasteiger partial charge in [0.25, 0.3) is 0 Å². The Hall–Kier alpha value is -2.09. The Balaban J connectivity index is 2.17. The number of alkyl halides is 3. The highest BCUT2D eigenvalue weighted by Crippen LogP contribution is 2.24. The molecule has 0 saturated heterocycles. The van der Waals surface area contributed by atoms with Gasteiger partial charge in [-0.05, 0) is 24.3 Å². The minimum absolute atomic E-state index is 0.211. The summed E-state index contributed by atoms with van der Waals surface area (Å²) in [5.41, 5.74) is 5.95. The van der Waals surface area contributed by atoms with Crippen LogP contribution in [-0.4, -0.2) is 21.5 Å². The molecule has 0 aliphatic rings. The molecule has 1 heterocycles. The highest BCUT2D eigenvalue weighted by atomic mass is 19.4. The van der Waals surface area contributed by atoms with Gasteiger partial charge in [0.15, 0.2) is 5.82 Å². The van der Waals surface area contributed by atoms with Crippen molar-refractivity contribution in [1.82, 2.24) is 15.2 Å². The number of hydrogen-bond acceptors (Lipinski definition) is 4. The third-order valence-corrected chi connectivity index (χ3v) is 2.09. The average molecular weight is 258 g/mol. The maximum Gasteiger partial charge on any atom is 0.573 e. The van der Waals surface area contributed by atoms with Gasteiger partial charge in [0.2, 0.25) is 0 Å². The summed E-state index contributed by atoms with van der Waals surface area (Å²) in [7, 11) is 0. The lowest BCUT2D eigenvalue weighted by molar-refractivity contribution is -0.274. The molecule has 8 heteroatoms. The van der Waals surface area contributed by atoms with Crippen LogP contribution in [0.4, 0.5) is 13.2 Å². The topological polar surface area (TPSA) is 76.8 Å². The molecule has 0 unspecified atom stereocenters. The van der Waals surface area contributed by atoms with Crippen LogP contribution in [0.1, 0.15) is 5.82 Å². The lowest BCUT2D eigenvalue weighted by Crippen LogP contribution is -2.16. The summed E-state index contributed by atoms with van der Waals surface area (Å²) in [5, 5.41) is 7.56. The van der Waals surface area contributed by atoms with Crippen molar-refractivity contribution in [2.24, 2.45) is 5.73 Å². The third kappa shape index (κ3) is 2.98. The summed E-state index contributed by atoms with van der Waals surface area (Å²) >= 11 is 0. The van der Waals surface area contributed by atoms with Crippen molar-refractivity contribution < 1.29 is 17.9 Å². The molecule has 0 bridgehead atoms. The monoisotopic (exact) mass is 258 g/mol. The first-order valence-corrected chi connectivity index (χ1v) is 4.96. The Kier molecular flexibility index (Phi) is 3.19. The van der Waals surface area contributed by atoms with E-state index in [2.05, 4.69) is 19.9 Å². The number of halogens is 3. The second-order valence-corrected chi connectivity index (χ2v) is 3.40. The van der Waals surface area contributed by atoms with Gasteiger partial charge in [-0.25, -0.2) is 0 Å². The van der Waals surface area contributed by atoms with Crippen LogP contribution < -0.4 is 10.5 Å². The van der Waals surface area contributed by atoms with Gasteiger partial charge in [0.05, 0.1) is 6.54 Å². The summed E-state index contributed by atoms with van der Waals surface area (Å²) in [4.78, 5) is 2.84. The molecule has 1 aromatic heterocycles. The van der Waals surface area contributed by atoms with Crippen molar-refractivity contribution in [3.05, 3.63) is 30.1 Å². The summed E-state index contributed by atoms with van der Waals surface area (Å²) in [5.74, 6) is 0.652. The molecular weight excluding hydrogens is 249 g/mol. The molecule has 1 aromatic carbocycles. The molecule has 2 aromatic rings. The largest absolute Gasteiger partial charge is 0.573 e. The number of aromatic nitrogens is 3. The first-order chi connectivity index (χ1) is 8.48. The number of H-pyrrole nitrogens is 1. The Morgan fingerprint density at radius 1 is 1.17 bits per heavy atom. The van der Waals surface area contributed by atoms with Gasteiger partial charge < -0.3 is 15.5 Å². The molecule has 0 aliphatic heterocycles. The molecule has 96 valence electrons. The number of hydrogen-bond donors (Lipinski definition) is 2. The van der Waals surface area contributed by atoms with Gasteiger partial charge in [-0.2, -0.15) is 0 Å². The number of nitrogens with zero attached hydrogens (tertiary/aromatic N) is 2. The molecule has 2 rings (SSSR count). The van der Waals surface area contributed by atoms with Crippen molar-refractivity contribution in [2.45, 2.75) is 12.9 Å². The van der Waals surface area contributed by atoms with Gasteiger partial charge >= 0.3 is 6.36 Å². The molecular formula is C10H9F3N4O. The fourth-order valence-corrected chi connectivity index (χ4v) is 1.33. The van der Waals surface area contributed by atoms with E-state index in [0.29, 0.717) is 17.2 Å². The standard InChI is InChI=1S/C10H9F3N4O/c11-10(12,13)18-7-3-1-6(2-4-7)9-15-8(5-14)16-17-9/h1-4H,5,14H2,(H,15,16,17). The average Bonchev–Trinajstić information content (AvgIpc) is 2.76. The predicted octanol–water partition coefficient (Wildman–Crippen LogP) is 1.83. The number of benzene rings is 1. The van der Waals surface area contributed by atoms with Crippen LogP contribution >= 0.6 is 0 Å². The van der Waals surface area contributed by atoms with Gasteiger partial charge in [-0.3, -0.25) is 0 Å². The minimum atomic E-state index is -4.69. The van der Waals surface area contributed by atoms with Crippen molar-refractivity contribution in [2.75, 3.05) is 0 Å². The maximum absolute atomic E-state index is 11.9. The van der Waals surface area contributed by atoms with Crippen LogP contribution in [0.15, 0.2) is 24.3 Å². The second-order valence-electron chi connectivity index (χ2n) is 3.40. The Morgan fingerprint density at radius 2 is 1.83 bits per heavy atom. The van der Waals surface area contributed by atoms with Crippen LogP contribution in [0.5, 0.6) is 5.75 Å². The lowest BCUT2D eigenvalue weighted by atomic mass is 10.2. The van der Waals surface area contributed by atoms with Crippen LogP contribution in [-0.2, 0) is 6.54 Å². The van der Waals surface area contributed by atoms with E-state index in [1.54, 1.807) is 0 Å². The van der Waals surface area contributed by atoms with Crippen LogP contribution in [0.25, 0.3) is 11.4 Å². The Labute approximate surface area is 99.8 Å². The summed E-state index contributed by atoms with van der Waals surface area (Å²) in [6.07, 6.45) is -4.69. The molecule has 18 heavy (non-hydrogen) atoms. The van der Waals surface area contributed by atoms with Crippen LogP contribution in [0.2, 0.25) is 0 Å². The molecule has 0 saturated carbocycles. The molecule has 0 fully saturated rings. The van der Waals surface area contributed by atoms with E-state index in [-0.39, 0.29) is 12.3 Å². The SMILES string of the molecule is NCc1nnc(-c2ccc(OC(F)(F)F)cc2)[nH]1. The van der Waals surface area contributed by atoms with Gasteiger partial charge in [0.1, 0.15) is 11.6 Å². The van der Waals surface area contributed by atoms with E-state index in [1.807, 2.05) is 0 Å². The molecule has 0 atom stereocenters. The van der Waals surface area contributed by atoms with E-state index in [9.17, 15) is 13.2 Å². The van der Waals surface area contributed by atoms with Crippen LogP contribution in [0.3, 0.4) is 0 Å². The third-order valence-electron chi connectivity index (χ3n) is 2.09. The predicted molar refractivity (Wildman–Crippen MR) is 56.4 cm³/mol. The van der Waals surface area contributed by atoms with E-state index in [0.717, 1.165) is 0 Å². The molecule has 0 amide bonds. The smallest absolute Gasteiger partial charge is 0.406 e. The fraction of sp³-hybridized carbons (Fsp3) is 0.200. The Morgan fingerprint density at radius 3 is 2.33 bits per heavy atom. The number of rotatable bonds is 3. The Bertz CT molecular complexity index is 521. The second kappa shape index (κ2) is 4.65. The maximum atomic E-state index is 11.9. The van der Waals surface area contributed by atoms with Crippen molar-refractivity contribution in [3.63, 3.8) is 0 Å². The first kappa shape index (κ1) is 12.4. The normalized spacial score (nSPS) is 11.6.